The van der Waals surface area contributed by atoms with Gasteiger partial charge in [-0.15, -0.1) is 0 Å². The van der Waals surface area contributed by atoms with Crippen molar-refractivity contribution in [3.8, 4) is 17.2 Å². The molecule has 0 spiro atoms. The Morgan fingerprint density at radius 3 is 2.16 bits per heavy atom. The molecule has 4 nitrogen and oxygen atoms in total. The van der Waals surface area contributed by atoms with Gasteiger partial charge in [0.2, 0.25) is 0 Å². The Kier molecular flexibility index (Phi) is 7.07. The van der Waals surface area contributed by atoms with E-state index in [-0.39, 0.29) is 5.75 Å². The fraction of sp³-hybridized carbons (Fsp3) is 0.158. The largest absolute Gasteiger partial charge is 0.508 e. The summed E-state index contributed by atoms with van der Waals surface area (Å²) >= 11 is 2.17. The van der Waals surface area contributed by atoms with Crippen LogP contribution < -0.4 is 9.46 Å². The van der Waals surface area contributed by atoms with Gasteiger partial charge in [-0.3, -0.25) is 0 Å². The number of hydrogen-bond acceptors (Lipinski definition) is 5. The molecule has 25 heavy (non-hydrogen) atoms. The van der Waals surface area contributed by atoms with Crippen LogP contribution in [0.1, 0.15) is 11.1 Å². The summed E-state index contributed by atoms with van der Waals surface area (Å²) in [4.78, 5) is 0. The molecule has 0 bridgehead atoms. The standard InChI is InChI=1S/C11H10O2.C8H10INOS/c1-13-11-7-9-5-3-2-4-8(9)6-10(11)12;1-5-4-8(11)6(2)3-7(5)10-12-9/h2-7,12H,1H3;3-4,10-11H,1-2H3. The Morgan fingerprint density at radius 1 is 0.920 bits per heavy atom. The topological polar surface area (TPSA) is 61.7 Å². The van der Waals surface area contributed by atoms with Crippen LogP contribution in [0.2, 0.25) is 0 Å². The zero-order valence-electron chi connectivity index (χ0n) is 14.2. The average Bonchev–Trinajstić information content (AvgIpc) is 2.60. The van der Waals surface area contributed by atoms with E-state index in [0.29, 0.717) is 11.5 Å². The van der Waals surface area contributed by atoms with Gasteiger partial charge in [0.15, 0.2) is 11.5 Å². The molecule has 0 radical (unpaired) electrons. The van der Waals surface area contributed by atoms with Gasteiger partial charge in [-0.25, -0.2) is 0 Å². The molecule has 0 fully saturated rings. The van der Waals surface area contributed by atoms with Crippen molar-refractivity contribution in [2.24, 2.45) is 0 Å². The lowest BCUT2D eigenvalue weighted by atomic mass is 10.1. The van der Waals surface area contributed by atoms with Crippen molar-refractivity contribution in [1.82, 2.24) is 0 Å². The molecule has 3 aromatic carbocycles. The minimum atomic E-state index is 0.182. The molecule has 3 rings (SSSR count). The highest BCUT2D eigenvalue weighted by atomic mass is 127. The quantitative estimate of drug-likeness (QED) is 0.251. The number of anilines is 1. The Morgan fingerprint density at radius 2 is 1.56 bits per heavy atom. The number of phenolic OH excluding ortho intramolecular Hbond substituents is 2. The fourth-order valence-corrected chi connectivity index (χ4v) is 3.34. The number of phenols is 2. The van der Waals surface area contributed by atoms with E-state index in [1.165, 1.54) is 9.12 Å². The van der Waals surface area contributed by atoms with Gasteiger partial charge in [-0.05, 0) is 60.0 Å². The van der Waals surface area contributed by atoms with Crippen LogP contribution in [0, 0.1) is 13.8 Å². The summed E-state index contributed by atoms with van der Waals surface area (Å²) in [6.45, 7) is 3.85. The molecule has 0 atom stereocenters. The summed E-state index contributed by atoms with van der Waals surface area (Å²) in [6, 6.07) is 15.1. The lowest BCUT2D eigenvalue weighted by Crippen LogP contribution is -1.88. The molecule has 0 amide bonds. The lowest BCUT2D eigenvalue weighted by molar-refractivity contribution is 0.374. The van der Waals surface area contributed by atoms with Crippen LogP contribution in [0.4, 0.5) is 5.69 Å². The number of methoxy groups -OCH3 is 1. The van der Waals surface area contributed by atoms with Crippen LogP contribution >= 0.6 is 30.3 Å². The molecule has 3 aromatic rings. The number of halogens is 1. The molecule has 3 N–H and O–H groups in total. The van der Waals surface area contributed by atoms with Crippen LogP contribution in [-0.2, 0) is 0 Å². The predicted octanol–water partition coefficient (Wildman–Crippen LogP) is 5.97. The van der Waals surface area contributed by atoms with E-state index in [9.17, 15) is 10.2 Å². The SMILES string of the molecule is COc1cc2ccccc2cc1O.Cc1cc(NSI)c(C)cc1O. The molecule has 6 heteroatoms. The molecule has 0 aliphatic heterocycles. The Hall–Kier alpha value is -1.80. The molecule has 132 valence electrons. The van der Waals surface area contributed by atoms with E-state index in [1.54, 1.807) is 19.2 Å². The van der Waals surface area contributed by atoms with Crippen molar-refractivity contribution in [2.45, 2.75) is 13.8 Å². The summed E-state index contributed by atoms with van der Waals surface area (Å²) < 4.78 is 8.14. The van der Waals surface area contributed by atoms with Crippen molar-refractivity contribution in [2.75, 3.05) is 11.8 Å². The third-order valence-electron chi connectivity index (χ3n) is 3.74. The maximum Gasteiger partial charge on any atom is 0.161 e. The first-order valence-corrected chi connectivity index (χ1v) is 10.9. The van der Waals surface area contributed by atoms with Gasteiger partial charge in [0, 0.05) is 36.0 Å². The van der Waals surface area contributed by atoms with E-state index in [4.69, 9.17) is 4.74 Å². The molecule has 0 aliphatic rings. The van der Waals surface area contributed by atoms with Gasteiger partial charge >= 0.3 is 0 Å². The van der Waals surface area contributed by atoms with Gasteiger partial charge in [-0.2, -0.15) is 0 Å². The van der Waals surface area contributed by atoms with Crippen LogP contribution in [-0.4, -0.2) is 17.3 Å². The summed E-state index contributed by atoms with van der Waals surface area (Å²) in [5, 5.41) is 20.9. The van der Waals surface area contributed by atoms with Crippen LogP contribution in [0.5, 0.6) is 17.2 Å². The molecule has 0 aliphatic carbocycles. The van der Waals surface area contributed by atoms with Crippen molar-refractivity contribution < 1.29 is 14.9 Å². The first-order chi connectivity index (χ1) is 12.0. The summed E-state index contributed by atoms with van der Waals surface area (Å²) in [5.74, 6) is 1.05. The number of hydrogen-bond donors (Lipinski definition) is 3. The normalized spacial score (nSPS) is 10.1. The van der Waals surface area contributed by atoms with Crippen LogP contribution in [0.25, 0.3) is 10.8 Å². The van der Waals surface area contributed by atoms with Gasteiger partial charge in [0.1, 0.15) is 5.75 Å². The molecule has 0 aromatic heterocycles. The highest BCUT2D eigenvalue weighted by Crippen LogP contribution is 2.30. The number of ether oxygens (including phenoxy) is 1. The van der Waals surface area contributed by atoms with E-state index < -0.39 is 0 Å². The summed E-state index contributed by atoms with van der Waals surface area (Å²) in [6.07, 6.45) is 0. The highest BCUT2D eigenvalue weighted by Gasteiger charge is 2.03. The number of benzene rings is 3. The molecule has 0 unspecified atom stereocenters. The molecule has 0 heterocycles. The first-order valence-electron chi connectivity index (χ1n) is 7.55. The second-order valence-electron chi connectivity index (χ2n) is 5.50. The minimum Gasteiger partial charge on any atom is -0.508 e. The van der Waals surface area contributed by atoms with E-state index in [0.717, 1.165) is 27.6 Å². The van der Waals surface area contributed by atoms with Gasteiger partial charge in [0.25, 0.3) is 0 Å². The van der Waals surface area contributed by atoms with E-state index in [1.807, 2.05) is 50.2 Å². The second-order valence-corrected chi connectivity index (χ2v) is 7.18. The maximum atomic E-state index is 9.48. The molecular weight excluding hydrogens is 449 g/mol. The lowest BCUT2D eigenvalue weighted by Gasteiger charge is -2.07. The Balaban J connectivity index is 0.000000181. The summed E-state index contributed by atoms with van der Waals surface area (Å²) in [5.41, 5.74) is 3.01. The van der Waals surface area contributed by atoms with Gasteiger partial charge in [0.05, 0.1) is 7.11 Å². The number of aryl methyl sites for hydroxylation is 2. The monoisotopic (exact) mass is 469 g/mol. The van der Waals surface area contributed by atoms with Crippen molar-refractivity contribution in [1.29, 1.82) is 0 Å². The van der Waals surface area contributed by atoms with E-state index in [2.05, 4.69) is 25.9 Å². The average molecular weight is 469 g/mol. The molecular formula is C19H20INO3S. The summed E-state index contributed by atoms with van der Waals surface area (Å²) in [7, 11) is 3.07. The third kappa shape index (κ3) is 5.09. The smallest absolute Gasteiger partial charge is 0.161 e. The molecule has 0 saturated carbocycles. The maximum absolute atomic E-state index is 9.48. The van der Waals surface area contributed by atoms with Gasteiger partial charge in [-0.1, -0.05) is 24.3 Å². The second kappa shape index (κ2) is 9.05. The van der Waals surface area contributed by atoms with Crippen molar-refractivity contribution >= 4 is 46.8 Å². The zero-order chi connectivity index (χ0) is 18.4. The van der Waals surface area contributed by atoms with Crippen LogP contribution in [0.15, 0.2) is 48.5 Å². The van der Waals surface area contributed by atoms with E-state index >= 15 is 0 Å². The minimum absolute atomic E-state index is 0.182. The van der Waals surface area contributed by atoms with Crippen LogP contribution in [0.3, 0.4) is 0 Å². The number of aromatic hydroxyl groups is 2. The Bertz CT molecular complexity index is 871. The fourth-order valence-electron chi connectivity index (χ4n) is 2.32. The van der Waals surface area contributed by atoms with Gasteiger partial charge < -0.3 is 19.7 Å². The Labute approximate surface area is 163 Å². The predicted molar refractivity (Wildman–Crippen MR) is 115 cm³/mol. The van der Waals surface area contributed by atoms with Crippen molar-refractivity contribution in [3.05, 3.63) is 59.7 Å². The third-order valence-corrected chi connectivity index (χ3v) is 4.70. The van der Waals surface area contributed by atoms with Crippen molar-refractivity contribution in [3.63, 3.8) is 0 Å². The first kappa shape index (κ1) is 19.5. The number of rotatable bonds is 3. The number of fused-ring (bicyclic) bond motifs is 1. The number of nitrogens with one attached hydrogen (secondary N) is 1. The highest BCUT2D eigenvalue weighted by molar-refractivity contribution is 14.2. The molecule has 0 saturated heterocycles. The zero-order valence-corrected chi connectivity index (χ0v) is 17.2.